The van der Waals surface area contributed by atoms with Gasteiger partial charge >= 0.3 is 0 Å². The average molecular weight is 260 g/mol. The maximum atomic E-state index is 12.0. The first kappa shape index (κ1) is 13.9. The van der Waals surface area contributed by atoms with Crippen molar-refractivity contribution in [3.05, 3.63) is 30.3 Å². The van der Waals surface area contributed by atoms with Crippen molar-refractivity contribution in [2.75, 3.05) is 18.5 Å². The van der Waals surface area contributed by atoms with Crippen LogP contribution in [0, 0.1) is 5.92 Å². The molecule has 1 aromatic rings. The molecule has 1 aromatic carbocycles. The normalized spacial score (nSPS) is 17.2. The zero-order chi connectivity index (χ0) is 13.7. The molecule has 1 aliphatic rings. The van der Waals surface area contributed by atoms with Gasteiger partial charge in [-0.1, -0.05) is 31.0 Å². The fourth-order valence-corrected chi connectivity index (χ4v) is 2.64. The van der Waals surface area contributed by atoms with Crippen LogP contribution in [0.15, 0.2) is 30.3 Å². The zero-order valence-corrected chi connectivity index (χ0v) is 11.9. The number of amides is 1. The number of carbonyl (C=O) groups is 1. The van der Waals surface area contributed by atoms with Crippen LogP contribution in [0.2, 0.25) is 0 Å². The molecule has 2 rings (SSSR count). The largest absolute Gasteiger partial charge is 0.370 e. The van der Waals surface area contributed by atoms with Gasteiger partial charge in [0.1, 0.15) is 0 Å². The number of hydrogen-bond acceptors (Lipinski definition) is 2. The van der Waals surface area contributed by atoms with Crippen molar-refractivity contribution in [2.24, 2.45) is 5.92 Å². The van der Waals surface area contributed by atoms with Gasteiger partial charge < -0.3 is 10.2 Å². The van der Waals surface area contributed by atoms with Crippen molar-refractivity contribution in [3.63, 3.8) is 0 Å². The highest BCUT2D eigenvalue weighted by Crippen LogP contribution is 2.24. The maximum absolute atomic E-state index is 12.0. The topological polar surface area (TPSA) is 32.3 Å². The lowest BCUT2D eigenvalue weighted by Gasteiger charge is -2.27. The lowest BCUT2D eigenvalue weighted by molar-refractivity contribution is -0.124. The van der Waals surface area contributed by atoms with Crippen LogP contribution in [-0.2, 0) is 4.79 Å². The van der Waals surface area contributed by atoms with Crippen molar-refractivity contribution < 1.29 is 4.79 Å². The van der Waals surface area contributed by atoms with E-state index in [0.29, 0.717) is 12.6 Å². The van der Waals surface area contributed by atoms with Gasteiger partial charge in [-0.15, -0.1) is 0 Å². The number of carbonyl (C=O) groups excluding carboxylic acids is 1. The fraction of sp³-hybridized carbons (Fsp3) is 0.562. The Balaban J connectivity index is 1.80. The van der Waals surface area contributed by atoms with Crippen LogP contribution in [0.1, 0.15) is 32.6 Å². The first-order valence-corrected chi connectivity index (χ1v) is 7.24. The number of likely N-dealkylation sites (N-methyl/N-ethyl adjacent to an activating group) is 1. The van der Waals surface area contributed by atoms with E-state index in [1.807, 2.05) is 18.2 Å². The van der Waals surface area contributed by atoms with E-state index in [9.17, 15) is 4.79 Å². The van der Waals surface area contributed by atoms with Gasteiger partial charge in [0.15, 0.2) is 0 Å². The molecule has 1 saturated carbocycles. The quantitative estimate of drug-likeness (QED) is 0.883. The second kappa shape index (κ2) is 6.60. The molecule has 1 N–H and O–H groups in total. The van der Waals surface area contributed by atoms with Crippen LogP contribution in [-0.4, -0.2) is 25.5 Å². The summed E-state index contributed by atoms with van der Waals surface area (Å²) in [6.07, 6.45) is 4.54. The van der Waals surface area contributed by atoms with Gasteiger partial charge in [-0.2, -0.15) is 0 Å². The molecule has 0 unspecified atom stereocenters. The van der Waals surface area contributed by atoms with E-state index in [1.165, 1.54) is 18.5 Å². The SMILES string of the molecule is C[C@@H](CNC(=O)C1CCCC1)N(C)c1ccccc1. The van der Waals surface area contributed by atoms with Crippen LogP contribution < -0.4 is 10.2 Å². The second-order valence-electron chi connectivity index (χ2n) is 5.52. The summed E-state index contributed by atoms with van der Waals surface area (Å²) in [7, 11) is 2.07. The molecule has 1 fully saturated rings. The summed E-state index contributed by atoms with van der Waals surface area (Å²) < 4.78 is 0. The molecule has 19 heavy (non-hydrogen) atoms. The molecule has 1 aliphatic carbocycles. The van der Waals surface area contributed by atoms with Gasteiger partial charge in [-0.05, 0) is 31.9 Å². The van der Waals surface area contributed by atoms with Gasteiger partial charge in [0.05, 0.1) is 0 Å². The predicted octanol–water partition coefficient (Wildman–Crippen LogP) is 2.82. The van der Waals surface area contributed by atoms with Gasteiger partial charge in [0, 0.05) is 31.2 Å². The minimum absolute atomic E-state index is 0.241. The van der Waals surface area contributed by atoms with Crippen LogP contribution >= 0.6 is 0 Å². The van der Waals surface area contributed by atoms with E-state index in [1.54, 1.807) is 0 Å². The fourth-order valence-electron chi connectivity index (χ4n) is 2.64. The third-order valence-corrected chi connectivity index (χ3v) is 4.12. The lowest BCUT2D eigenvalue weighted by Crippen LogP contribution is -2.41. The minimum atomic E-state index is 0.241. The molecule has 1 amide bonds. The smallest absolute Gasteiger partial charge is 0.223 e. The summed E-state index contributed by atoms with van der Waals surface area (Å²) in [6, 6.07) is 10.6. The maximum Gasteiger partial charge on any atom is 0.223 e. The molecule has 0 aromatic heterocycles. The molecular formula is C16H24N2O. The van der Waals surface area contributed by atoms with Crippen molar-refractivity contribution >= 4 is 11.6 Å². The van der Waals surface area contributed by atoms with Crippen molar-refractivity contribution in [3.8, 4) is 0 Å². The Labute approximate surface area is 116 Å². The van der Waals surface area contributed by atoms with Gasteiger partial charge in [0.25, 0.3) is 0 Å². The molecule has 0 radical (unpaired) electrons. The monoisotopic (exact) mass is 260 g/mol. The number of rotatable bonds is 5. The molecule has 0 bridgehead atoms. The van der Waals surface area contributed by atoms with E-state index >= 15 is 0 Å². The number of hydrogen-bond donors (Lipinski definition) is 1. The molecule has 104 valence electrons. The number of anilines is 1. The summed E-state index contributed by atoms with van der Waals surface area (Å²) in [6.45, 7) is 2.85. The number of para-hydroxylation sites is 1. The molecule has 0 saturated heterocycles. The summed E-state index contributed by atoms with van der Waals surface area (Å²) in [5, 5.41) is 3.09. The summed E-state index contributed by atoms with van der Waals surface area (Å²) in [5.41, 5.74) is 1.19. The van der Waals surface area contributed by atoms with Crippen LogP contribution in [0.25, 0.3) is 0 Å². The van der Waals surface area contributed by atoms with Crippen molar-refractivity contribution in [1.29, 1.82) is 0 Å². The average Bonchev–Trinajstić information content (AvgIpc) is 2.98. The van der Waals surface area contributed by atoms with Crippen LogP contribution in [0.4, 0.5) is 5.69 Å². The number of benzene rings is 1. The molecule has 3 heteroatoms. The predicted molar refractivity (Wildman–Crippen MR) is 79.3 cm³/mol. The van der Waals surface area contributed by atoms with Crippen molar-refractivity contribution in [1.82, 2.24) is 5.32 Å². The zero-order valence-electron chi connectivity index (χ0n) is 11.9. The molecule has 1 atom stereocenters. The minimum Gasteiger partial charge on any atom is -0.370 e. The second-order valence-corrected chi connectivity index (χ2v) is 5.52. The van der Waals surface area contributed by atoms with Gasteiger partial charge in [-0.25, -0.2) is 0 Å². The summed E-state index contributed by atoms with van der Waals surface area (Å²) in [4.78, 5) is 14.2. The standard InChI is InChI=1S/C16H24N2O/c1-13(18(2)15-10-4-3-5-11-15)12-17-16(19)14-8-6-7-9-14/h3-5,10-11,13-14H,6-9,12H2,1-2H3,(H,17,19)/t13-/m0/s1. The Hall–Kier alpha value is -1.51. The van der Waals surface area contributed by atoms with E-state index in [4.69, 9.17) is 0 Å². The Bertz CT molecular complexity index is 398. The van der Waals surface area contributed by atoms with Gasteiger partial charge in [-0.3, -0.25) is 4.79 Å². The Kier molecular flexibility index (Phi) is 4.83. The van der Waals surface area contributed by atoms with E-state index < -0.39 is 0 Å². The van der Waals surface area contributed by atoms with Crippen molar-refractivity contribution in [2.45, 2.75) is 38.6 Å². The third kappa shape index (κ3) is 3.72. The highest BCUT2D eigenvalue weighted by atomic mass is 16.1. The number of nitrogens with zero attached hydrogens (tertiary/aromatic N) is 1. The third-order valence-electron chi connectivity index (χ3n) is 4.12. The lowest BCUT2D eigenvalue weighted by atomic mass is 10.1. The van der Waals surface area contributed by atoms with Crippen LogP contribution in [0.5, 0.6) is 0 Å². The molecule has 0 spiro atoms. The first-order chi connectivity index (χ1) is 9.18. The Morgan fingerprint density at radius 1 is 1.32 bits per heavy atom. The van der Waals surface area contributed by atoms with E-state index in [2.05, 4.69) is 36.3 Å². The van der Waals surface area contributed by atoms with Crippen LogP contribution in [0.3, 0.4) is 0 Å². The summed E-state index contributed by atoms with van der Waals surface area (Å²) in [5.74, 6) is 0.500. The highest BCUT2D eigenvalue weighted by molar-refractivity contribution is 5.78. The Morgan fingerprint density at radius 2 is 1.95 bits per heavy atom. The highest BCUT2D eigenvalue weighted by Gasteiger charge is 2.23. The Morgan fingerprint density at radius 3 is 2.58 bits per heavy atom. The van der Waals surface area contributed by atoms with E-state index in [-0.39, 0.29) is 11.8 Å². The first-order valence-electron chi connectivity index (χ1n) is 7.24. The summed E-state index contributed by atoms with van der Waals surface area (Å²) >= 11 is 0. The molecule has 0 heterocycles. The van der Waals surface area contributed by atoms with Gasteiger partial charge in [0.2, 0.25) is 5.91 Å². The molecule has 3 nitrogen and oxygen atoms in total. The molecular weight excluding hydrogens is 236 g/mol. The number of nitrogens with one attached hydrogen (secondary N) is 1. The molecule has 0 aliphatic heterocycles. The van der Waals surface area contributed by atoms with E-state index in [0.717, 1.165) is 12.8 Å².